The van der Waals surface area contributed by atoms with E-state index in [0.717, 1.165) is 48.1 Å². The Morgan fingerprint density at radius 2 is 1.88 bits per heavy atom. The number of anilines is 1. The predicted molar refractivity (Wildman–Crippen MR) is 129 cm³/mol. The van der Waals surface area contributed by atoms with Crippen LogP contribution < -0.4 is 11.0 Å². The molecule has 1 saturated heterocycles. The first kappa shape index (κ1) is 22.1. The van der Waals surface area contributed by atoms with Gasteiger partial charge >= 0.3 is 11.8 Å². The number of hydrogen-bond donors (Lipinski definition) is 3. The van der Waals surface area contributed by atoms with Crippen LogP contribution in [-0.2, 0) is 16.0 Å². The molecular weight excluding hydrogens is 436 g/mol. The van der Waals surface area contributed by atoms with Gasteiger partial charge in [0.1, 0.15) is 11.2 Å². The van der Waals surface area contributed by atoms with Gasteiger partial charge in [0, 0.05) is 54.9 Å². The molecule has 0 aliphatic carbocycles. The molecule has 5 heterocycles. The molecule has 0 unspecified atom stereocenters. The van der Waals surface area contributed by atoms with Crippen molar-refractivity contribution in [1.82, 2.24) is 24.5 Å². The third-order valence-electron chi connectivity index (χ3n) is 5.91. The first-order valence-corrected chi connectivity index (χ1v) is 11.4. The fourth-order valence-corrected chi connectivity index (χ4v) is 4.24. The Hall–Kier alpha value is -3.66. The van der Waals surface area contributed by atoms with Gasteiger partial charge < -0.3 is 14.5 Å². The molecule has 10 heteroatoms. The Morgan fingerprint density at radius 1 is 1.18 bits per heavy atom. The number of imidazole rings is 1. The lowest BCUT2D eigenvalue weighted by Gasteiger charge is -2.22. The van der Waals surface area contributed by atoms with Crippen molar-refractivity contribution in [3.63, 3.8) is 0 Å². The first-order chi connectivity index (χ1) is 16.3. The third-order valence-corrected chi connectivity index (χ3v) is 5.91. The second-order valence-corrected chi connectivity index (χ2v) is 9.64. The van der Waals surface area contributed by atoms with E-state index < -0.39 is 11.7 Å². The molecule has 0 aromatic carbocycles. The van der Waals surface area contributed by atoms with Crippen LogP contribution in [0.1, 0.15) is 33.6 Å². The number of rotatable bonds is 4. The monoisotopic (exact) mass is 464 g/mol. The van der Waals surface area contributed by atoms with Crippen LogP contribution in [0.25, 0.3) is 33.3 Å². The lowest BCUT2D eigenvalue weighted by atomic mass is 10.0. The van der Waals surface area contributed by atoms with Gasteiger partial charge in [-0.2, -0.15) is 0 Å². The van der Waals surface area contributed by atoms with E-state index >= 15 is 0 Å². The van der Waals surface area contributed by atoms with Crippen LogP contribution in [0.4, 0.5) is 10.5 Å². The topological polar surface area (TPSA) is 127 Å². The standard InChI is InChI=1S/C24H28N6O4/c1-24(2,3)34-23(32)28-18-12-27-20-17(18)8-15(10-25-20)16-9-19-21(26-11-16)29-22(31)30(19)13-14-4-6-33-7-5-14/h8-12,14H,4-7,13H2,1-3H3,(H,25,27)(H,28,32)(H,26,29,31). The minimum Gasteiger partial charge on any atom is -0.444 e. The Bertz CT molecular complexity index is 1400. The number of ether oxygens (including phenoxy) is 2. The number of hydrogen-bond acceptors (Lipinski definition) is 6. The van der Waals surface area contributed by atoms with Crippen molar-refractivity contribution in [2.75, 3.05) is 18.5 Å². The largest absolute Gasteiger partial charge is 0.444 e. The summed E-state index contributed by atoms with van der Waals surface area (Å²) in [5.74, 6) is 0.397. The molecule has 34 heavy (non-hydrogen) atoms. The van der Waals surface area contributed by atoms with E-state index in [0.29, 0.717) is 29.4 Å². The average Bonchev–Trinajstić information content (AvgIpc) is 3.33. The fraction of sp³-hybridized carbons (Fsp3) is 0.417. The summed E-state index contributed by atoms with van der Waals surface area (Å²) in [6, 6.07) is 3.89. The smallest absolute Gasteiger partial charge is 0.412 e. The summed E-state index contributed by atoms with van der Waals surface area (Å²) >= 11 is 0. The van der Waals surface area contributed by atoms with Crippen molar-refractivity contribution in [3.8, 4) is 11.1 Å². The van der Waals surface area contributed by atoms with Gasteiger partial charge in [0.15, 0.2) is 5.65 Å². The van der Waals surface area contributed by atoms with Gasteiger partial charge in [0.2, 0.25) is 0 Å². The van der Waals surface area contributed by atoms with Gasteiger partial charge in [-0.15, -0.1) is 0 Å². The first-order valence-electron chi connectivity index (χ1n) is 11.4. The highest BCUT2D eigenvalue weighted by molar-refractivity contribution is 5.99. The molecule has 0 bridgehead atoms. The predicted octanol–water partition coefficient (Wildman–Crippen LogP) is 4.04. The van der Waals surface area contributed by atoms with Gasteiger partial charge in [0.05, 0.1) is 11.2 Å². The summed E-state index contributed by atoms with van der Waals surface area (Å²) < 4.78 is 12.6. The molecule has 4 aromatic rings. The zero-order chi connectivity index (χ0) is 23.9. The van der Waals surface area contributed by atoms with E-state index in [-0.39, 0.29) is 5.69 Å². The van der Waals surface area contributed by atoms with Crippen LogP contribution >= 0.6 is 0 Å². The van der Waals surface area contributed by atoms with Crippen LogP contribution in [0, 0.1) is 5.92 Å². The van der Waals surface area contributed by atoms with E-state index in [4.69, 9.17) is 9.47 Å². The molecule has 0 atom stereocenters. The lowest BCUT2D eigenvalue weighted by Crippen LogP contribution is -2.27. The second kappa shape index (κ2) is 8.60. The molecule has 0 radical (unpaired) electrons. The van der Waals surface area contributed by atoms with E-state index in [1.54, 1.807) is 23.2 Å². The maximum Gasteiger partial charge on any atom is 0.412 e. The Balaban J connectivity index is 1.47. The summed E-state index contributed by atoms with van der Waals surface area (Å²) in [7, 11) is 0. The zero-order valence-electron chi connectivity index (χ0n) is 19.5. The number of carbonyl (C=O) groups excluding carboxylic acids is 1. The normalized spacial score (nSPS) is 15.1. The van der Waals surface area contributed by atoms with Gasteiger partial charge in [-0.3, -0.25) is 14.9 Å². The summed E-state index contributed by atoms with van der Waals surface area (Å²) in [4.78, 5) is 39.8. The van der Waals surface area contributed by atoms with Gasteiger partial charge in [-0.05, 0) is 51.7 Å². The van der Waals surface area contributed by atoms with Crippen molar-refractivity contribution < 1.29 is 14.3 Å². The number of nitrogens with zero attached hydrogens (tertiary/aromatic N) is 3. The van der Waals surface area contributed by atoms with E-state index in [2.05, 4.69) is 25.3 Å². The van der Waals surface area contributed by atoms with E-state index in [1.807, 2.05) is 32.9 Å². The molecule has 5 rings (SSSR count). The zero-order valence-corrected chi connectivity index (χ0v) is 19.5. The molecule has 1 aliphatic heterocycles. The highest BCUT2D eigenvalue weighted by Crippen LogP contribution is 2.29. The summed E-state index contributed by atoms with van der Waals surface area (Å²) in [6.07, 6.45) is 6.48. The van der Waals surface area contributed by atoms with Crippen LogP contribution in [0.15, 0.2) is 35.5 Å². The minimum atomic E-state index is -0.600. The van der Waals surface area contributed by atoms with Crippen molar-refractivity contribution in [2.24, 2.45) is 5.92 Å². The third kappa shape index (κ3) is 4.54. The maximum atomic E-state index is 12.6. The molecular formula is C24H28N6O4. The molecule has 1 amide bonds. The molecule has 10 nitrogen and oxygen atoms in total. The number of amides is 1. The number of H-pyrrole nitrogens is 2. The molecule has 3 N–H and O–H groups in total. The van der Waals surface area contributed by atoms with Crippen LogP contribution in [0.5, 0.6) is 0 Å². The van der Waals surface area contributed by atoms with Crippen molar-refractivity contribution in [2.45, 2.75) is 45.8 Å². The fourth-order valence-electron chi connectivity index (χ4n) is 4.24. The second-order valence-electron chi connectivity index (χ2n) is 9.64. The Morgan fingerprint density at radius 3 is 2.62 bits per heavy atom. The van der Waals surface area contributed by atoms with Crippen LogP contribution in [-0.4, -0.2) is 49.4 Å². The van der Waals surface area contributed by atoms with Crippen molar-refractivity contribution in [1.29, 1.82) is 0 Å². The number of carbonyl (C=O) groups is 1. The molecule has 178 valence electrons. The average molecular weight is 465 g/mol. The highest BCUT2D eigenvalue weighted by atomic mass is 16.6. The Labute approximate surface area is 195 Å². The maximum absolute atomic E-state index is 12.6. The molecule has 0 saturated carbocycles. The number of aromatic amines is 2. The summed E-state index contributed by atoms with van der Waals surface area (Å²) in [6.45, 7) is 7.53. The number of aromatic nitrogens is 5. The number of nitrogens with one attached hydrogen (secondary N) is 3. The molecule has 1 fully saturated rings. The minimum absolute atomic E-state index is 0.158. The van der Waals surface area contributed by atoms with E-state index in [1.165, 1.54) is 0 Å². The summed E-state index contributed by atoms with van der Waals surface area (Å²) in [5, 5.41) is 3.53. The number of fused-ring (bicyclic) bond motifs is 2. The molecule has 0 spiro atoms. The van der Waals surface area contributed by atoms with Gasteiger partial charge in [-0.1, -0.05) is 0 Å². The van der Waals surface area contributed by atoms with E-state index in [9.17, 15) is 9.59 Å². The quantitative estimate of drug-likeness (QED) is 0.418. The van der Waals surface area contributed by atoms with Crippen molar-refractivity contribution >= 4 is 34.0 Å². The molecule has 4 aromatic heterocycles. The summed E-state index contributed by atoms with van der Waals surface area (Å²) in [5.41, 5.74) is 3.42. The number of pyridine rings is 2. The molecule has 1 aliphatic rings. The SMILES string of the molecule is CC(C)(C)OC(=O)Nc1c[nH]c2ncc(-c3cnc4[nH]c(=O)n(CC5CCOCC5)c4c3)cc12. The van der Waals surface area contributed by atoms with Gasteiger partial charge in [0.25, 0.3) is 0 Å². The highest BCUT2D eigenvalue weighted by Gasteiger charge is 2.19. The van der Waals surface area contributed by atoms with Crippen molar-refractivity contribution in [3.05, 3.63) is 41.2 Å². The Kier molecular flexibility index (Phi) is 5.60. The van der Waals surface area contributed by atoms with Crippen LogP contribution in [0.3, 0.4) is 0 Å². The lowest BCUT2D eigenvalue weighted by molar-refractivity contribution is 0.0613. The van der Waals surface area contributed by atoms with Crippen LogP contribution in [0.2, 0.25) is 0 Å². The van der Waals surface area contributed by atoms with Gasteiger partial charge in [-0.25, -0.2) is 19.6 Å².